The predicted molar refractivity (Wildman–Crippen MR) is 139 cm³/mol. The average Bonchev–Trinajstić information content (AvgIpc) is 2.78. The second kappa shape index (κ2) is 21.1. The maximum absolute atomic E-state index is 11.8. The van der Waals surface area contributed by atoms with Crippen LogP contribution in [0.5, 0.6) is 0 Å². The molecule has 35 heavy (non-hydrogen) atoms. The fourth-order valence-electron chi connectivity index (χ4n) is 3.03. The van der Waals surface area contributed by atoms with E-state index in [1.165, 1.54) is 25.7 Å². The molecule has 0 saturated heterocycles. The number of phosphoric ester groups is 1. The fourth-order valence-corrected chi connectivity index (χ4v) is 3.77. The summed E-state index contributed by atoms with van der Waals surface area (Å²) < 4.78 is 26.6. The van der Waals surface area contributed by atoms with Crippen molar-refractivity contribution in [2.45, 2.75) is 90.1 Å². The molecule has 0 aromatic carbocycles. The Morgan fingerprint density at radius 1 is 0.914 bits per heavy atom. The van der Waals surface area contributed by atoms with Gasteiger partial charge in [-0.25, -0.2) is 0 Å². The molecule has 9 heteroatoms. The van der Waals surface area contributed by atoms with Crippen molar-refractivity contribution in [3.05, 3.63) is 24.3 Å². The van der Waals surface area contributed by atoms with E-state index < -0.39 is 26.5 Å². The number of carbonyl (C=O) groups is 1. The van der Waals surface area contributed by atoms with E-state index in [1.807, 2.05) is 21.1 Å². The van der Waals surface area contributed by atoms with Gasteiger partial charge in [-0.3, -0.25) is 9.36 Å². The third-order valence-electron chi connectivity index (χ3n) is 5.20. The predicted octanol–water partition coefficient (Wildman–Crippen LogP) is 4.91. The van der Waals surface area contributed by atoms with Crippen molar-refractivity contribution in [1.29, 1.82) is 0 Å². The van der Waals surface area contributed by atoms with Gasteiger partial charge in [-0.1, -0.05) is 63.3 Å². The lowest BCUT2D eigenvalue weighted by molar-refractivity contribution is -0.870. The largest absolute Gasteiger partial charge is 0.756 e. The molecule has 0 bridgehead atoms. The van der Waals surface area contributed by atoms with E-state index in [-0.39, 0.29) is 19.6 Å². The van der Waals surface area contributed by atoms with Gasteiger partial charge in [0, 0.05) is 6.42 Å². The molecule has 0 radical (unpaired) electrons. The summed E-state index contributed by atoms with van der Waals surface area (Å²) in [5.41, 5.74) is 0. The van der Waals surface area contributed by atoms with Crippen molar-refractivity contribution in [3.63, 3.8) is 0 Å². The first-order chi connectivity index (χ1) is 16.6. The van der Waals surface area contributed by atoms with Crippen LogP contribution < -0.4 is 4.89 Å². The van der Waals surface area contributed by atoms with Crippen molar-refractivity contribution >= 4 is 13.8 Å². The van der Waals surface area contributed by atoms with E-state index in [2.05, 4.69) is 35.8 Å². The number of allylic oxidation sites excluding steroid dienone is 4. The SMILES string of the molecule is CCCCC/C=C\C/C=C\CCCCCCCC(=O)OCC(O)COP(=O)([O-])OCC[N+](C)(C)C. The number of quaternary nitrogens is 1. The molecule has 0 heterocycles. The Bertz CT molecular complexity index is 632. The number of hydrogen-bond donors (Lipinski definition) is 1. The molecule has 8 nitrogen and oxygen atoms in total. The van der Waals surface area contributed by atoms with Crippen LogP contribution in [-0.4, -0.2) is 69.2 Å². The maximum atomic E-state index is 11.8. The summed E-state index contributed by atoms with van der Waals surface area (Å²) in [4.78, 5) is 23.5. The zero-order valence-electron chi connectivity index (χ0n) is 22.5. The van der Waals surface area contributed by atoms with Crippen molar-refractivity contribution in [2.24, 2.45) is 0 Å². The van der Waals surface area contributed by atoms with Crippen LogP contribution in [0.25, 0.3) is 0 Å². The standard InChI is InChI=1S/C26H50NO7P/c1-5-6-7-8-9-10-11-12-13-14-15-16-17-18-19-20-26(29)32-23-25(28)24-34-35(30,31)33-22-21-27(2,3)4/h9-10,12-13,25,28H,5-8,11,14-24H2,1-4H3/b10-9-,13-12-. The van der Waals surface area contributed by atoms with Gasteiger partial charge in [0.05, 0.1) is 27.7 Å². The molecule has 0 amide bonds. The van der Waals surface area contributed by atoms with E-state index in [9.17, 15) is 19.4 Å². The monoisotopic (exact) mass is 519 g/mol. The number of aliphatic hydroxyl groups is 1. The van der Waals surface area contributed by atoms with Crippen LogP contribution in [0, 0.1) is 0 Å². The first-order valence-corrected chi connectivity index (χ1v) is 14.6. The zero-order valence-corrected chi connectivity index (χ0v) is 23.4. The van der Waals surface area contributed by atoms with Crippen molar-refractivity contribution < 1.29 is 37.6 Å². The van der Waals surface area contributed by atoms with Gasteiger partial charge >= 0.3 is 5.97 Å². The van der Waals surface area contributed by atoms with Crippen LogP contribution in [0.4, 0.5) is 0 Å². The zero-order chi connectivity index (χ0) is 26.4. The molecule has 1 N–H and O–H groups in total. The van der Waals surface area contributed by atoms with Crippen LogP contribution in [-0.2, 0) is 23.1 Å². The van der Waals surface area contributed by atoms with E-state index >= 15 is 0 Å². The van der Waals surface area contributed by atoms with Gasteiger partial charge in [0.1, 0.15) is 25.9 Å². The Labute approximate surface area is 213 Å². The third-order valence-corrected chi connectivity index (χ3v) is 6.17. The Balaban J connectivity index is 3.64. The Morgan fingerprint density at radius 2 is 1.51 bits per heavy atom. The smallest absolute Gasteiger partial charge is 0.305 e. The number of likely N-dealkylation sites (N-methyl/N-ethyl adjacent to an activating group) is 1. The number of ether oxygens (including phenoxy) is 1. The lowest BCUT2D eigenvalue weighted by Gasteiger charge is -2.27. The number of unbranched alkanes of at least 4 members (excludes halogenated alkanes) is 8. The second-order valence-corrected chi connectivity index (χ2v) is 11.3. The Morgan fingerprint density at radius 3 is 2.14 bits per heavy atom. The van der Waals surface area contributed by atoms with Crippen LogP contribution in [0.15, 0.2) is 24.3 Å². The van der Waals surface area contributed by atoms with Crippen LogP contribution in [0.1, 0.15) is 84.0 Å². The van der Waals surface area contributed by atoms with E-state index in [0.717, 1.165) is 44.9 Å². The fraction of sp³-hybridized carbons (Fsp3) is 0.808. The van der Waals surface area contributed by atoms with Gasteiger partial charge in [0.2, 0.25) is 0 Å². The molecule has 0 aliphatic carbocycles. The molecule has 206 valence electrons. The molecule has 0 aromatic heterocycles. The molecular formula is C26H50NO7P. The second-order valence-electron chi connectivity index (χ2n) is 9.91. The summed E-state index contributed by atoms with van der Waals surface area (Å²) in [5, 5.41) is 9.79. The van der Waals surface area contributed by atoms with E-state index in [1.54, 1.807) is 0 Å². The minimum atomic E-state index is -4.49. The van der Waals surface area contributed by atoms with Gasteiger partial charge in [-0.15, -0.1) is 0 Å². The van der Waals surface area contributed by atoms with Gasteiger partial charge in [0.25, 0.3) is 7.82 Å². The van der Waals surface area contributed by atoms with Gasteiger partial charge in [-0.05, 0) is 38.5 Å². The van der Waals surface area contributed by atoms with Crippen molar-refractivity contribution in [3.8, 4) is 0 Å². The first-order valence-electron chi connectivity index (χ1n) is 13.1. The summed E-state index contributed by atoms with van der Waals surface area (Å²) in [5.74, 6) is -0.403. The lowest BCUT2D eigenvalue weighted by atomic mass is 10.1. The van der Waals surface area contributed by atoms with Gasteiger partial charge in [-0.2, -0.15) is 0 Å². The molecular weight excluding hydrogens is 469 g/mol. The average molecular weight is 520 g/mol. The summed E-state index contributed by atoms with van der Waals surface area (Å²) in [6, 6.07) is 0. The van der Waals surface area contributed by atoms with Gasteiger partial charge in [0.15, 0.2) is 0 Å². The quantitative estimate of drug-likeness (QED) is 0.0672. The molecule has 0 fully saturated rings. The highest BCUT2D eigenvalue weighted by Gasteiger charge is 2.16. The van der Waals surface area contributed by atoms with Crippen LogP contribution in [0.3, 0.4) is 0 Å². The van der Waals surface area contributed by atoms with E-state index in [0.29, 0.717) is 11.0 Å². The number of aliphatic hydroxyl groups excluding tert-OH is 1. The highest BCUT2D eigenvalue weighted by Crippen LogP contribution is 2.38. The number of nitrogens with zero attached hydrogens (tertiary/aromatic N) is 1. The molecule has 0 spiro atoms. The minimum Gasteiger partial charge on any atom is -0.756 e. The molecule has 2 unspecified atom stereocenters. The van der Waals surface area contributed by atoms with Crippen LogP contribution in [0.2, 0.25) is 0 Å². The Kier molecular flexibility index (Phi) is 20.5. The molecule has 0 rings (SSSR count). The number of phosphoric acid groups is 1. The lowest BCUT2D eigenvalue weighted by Crippen LogP contribution is -2.37. The summed E-state index contributed by atoms with van der Waals surface area (Å²) in [7, 11) is 1.24. The van der Waals surface area contributed by atoms with E-state index in [4.69, 9.17) is 9.26 Å². The number of carbonyl (C=O) groups excluding carboxylic acids is 1. The Hall–Kier alpha value is -1.02. The minimum absolute atomic E-state index is 0.0110. The van der Waals surface area contributed by atoms with Crippen molar-refractivity contribution in [2.75, 3.05) is 47.5 Å². The molecule has 0 saturated carbocycles. The number of rotatable bonds is 23. The van der Waals surface area contributed by atoms with Crippen molar-refractivity contribution in [1.82, 2.24) is 0 Å². The molecule has 2 atom stereocenters. The summed E-state index contributed by atoms with van der Waals surface area (Å²) in [6.07, 6.45) is 20.2. The molecule has 0 aliphatic rings. The third kappa shape index (κ3) is 25.9. The number of esters is 1. The maximum Gasteiger partial charge on any atom is 0.305 e. The van der Waals surface area contributed by atoms with Gasteiger partial charge < -0.3 is 28.3 Å². The highest BCUT2D eigenvalue weighted by molar-refractivity contribution is 7.45. The highest BCUT2D eigenvalue weighted by atomic mass is 31.2. The number of hydrogen-bond acceptors (Lipinski definition) is 7. The molecule has 0 aliphatic heterocycles. The van der Waals surface area contributed by atoms with Crippen LogP contribution >= 0.6 is 7.82 Å². The summed E-state index contributed by atoms with van der Waals surface area (Å²) in [6.45, 7) is 1.88. The first kappa shape index (κ1) is 34.0. The summed E-state index contributed by atoms with van der Waals surface area (Å²) >= 11 is 0. The normalized spacial score (nSPS) is 15.0. The topological polar surface area (TPSA) is 105 Å². The molecule has 0 aromatic rings.